The molecule has 1 aromatic heterocycles. The Morgan fingerprint density at radius 2 is 2.00 bits per heavy atom. The highest BCUT2D eigenvalue weighted by Crippen LogP contribution is 2.24. The number of aryl methyl sites for hydroxylation is 1. The largest absolute Gasteiger partial charge is 0.279 e. The molecule has 6 nitrogen and oxygen atoms in total. The lowest BCUT2D eigenvalue weighted by molar-refractivity contribution is 0.315. The standard InChI is InChI=1S/C13H10FN3O3S/c1-8-7-9(14)5-6-10(8)17-21(18,19)12-4-2-3-11-13(12)16-20-15-11/h2-7,17H,1H3. The van der Waals surface area contributed by atoms with E-state index in [4.69, 9.17) is 0 Å². The van der Waals surface area contributed by atoms with E-state index in [0.717, 1.165) is 0 Å². The molecule has 21 heavy (non-hydrogen) atoms. The first-order valence-electron chi connectivity index (χ1n) is 5.97. The summed E-state index contributed by atoms with van der Waals surface area (Å²) in [6.45, 7) is 1.61. The van der Waals surface area contributed by atoms with Gasteiger partial charge < -0.3 is 0 Å². The van der Waals surface area contributed by atoms with Gasteiger partial charge in [-0.1, -0.05) is 6.07 Å². The van der Waals surface area contributed by atoms with Crippen LogP contribution in [0.15, 0.2) is 45.9 Å². The fourth-order valence-corrected chi connectivity index (χ4v) is 3.22. The summed E-state index contributed by atoms with van der Waals surface area (Å²) in [4.78, 5) is -0.0509. The third kappa shape index (κ3) is 2.45. The molecule has 0 radical (unpaired) electrons. The van der Waals surface area contributed by atoms with Crippen molar-refractivity contribution in [2.24, 2.45) is 0 Å². The molecule has 0 spiro atoms. The Morgan fingerprint density at radius 1 is 1.19 bits per heavy atom. The van der Waals surface area contributed by atoms with Crippen molar-refractivity contribution in [2.45, 2.75) is 11.8 Å². The van der Waals surface area contributed by atoms with Crippen LogP contribution in [0.25, 0.3) is 11.0 Å². The molecule has 3 rings (SSSR count). The molecule has 0 aliphatic heterocycles. The second kappa shape index (κ2) is 4.81. The number of nitrogens with zero attached hydrogens (tertiary/aromatic N) is 2. The highest BCUT2D eigenvalue weighted by molar-refractivity contribution is 7.93. The Morgan fingerprint density at radius 3 is 2.76 bits per heavy atom. The molecular weight excluding hydrogens is 297 g/mol. The summed E-state index contributed by atoms with van der Waals surface area (Å²) in [5, 5.41) is 7.20. The molecule has 0 atom stereocenters. The number of aromatic nitrogens is 2. The maximum Gasteiger partial charge on any atom is 0.264 e. The molecule has 0 saturated heterocycles. The van der Waals surface area contributed by atoms with Gasteiger partial charge >= 0.3 is 0 Å². The van der Waals surface area contributed by atoms with E-state index in [2.05, 4.69) is 19.7 Å². The normalized spacial score (nSPS) is 11.7. The van der Waals surface area contributed by atoms with E-state index in [0.29, 0.717) is 16.8 Å². The first kappa shape index (κ1) is 13.5. The lowest BCUT2D eigenvalue weighted by Gasteiger charge is -2.10. The number of benzene rings is 2. The Labute approximate surface area is 119 Å². The van der Waals surface area contributed by atoms with E-state index in [-0.39, 0.29) is 10.4 Å². The van der Waals surface area contributed by atoms with Crippen molar-refractivity contribution in [2.75, 3.05) is 4.72 Å². The topological polar surface area (TPSA) is 85.1 Å². The van der Waals surface area contributed by atoms with E-state index < -0.39 is 15.8 Å². The molecule has 0 amide bonds. The SMILES string of the molecule is Cc1cc(F)ccc1NS(=O)(=O)c1cccc2nonc12. The Kier molecular flexibility index (Phi) is 3.09. The van der Waals surface area contributed by atoms with Crippen molar-refractivity contribution in [3.8, 4) is 0 Å². The van der Waals surface area contributed by atoms with Gasteiger partial charge in [0.05, 0.1) is 5.69 Å². The van der Waals surface area contributed by atoms with Crippen LogP contribution in [0.2, 0.25) is 0 Å². The molecule has 0 saturated carbocycles. The second-order valence-corrected chi connectivity index (χ2v) is 6.10. The second-order valence-electron chi connectivity index (χ2n) is 4.45. The zero-order chi connectivity index (χ0) is 15.0. The third-order valence-electron chi connectivity index (χ3n) is 2.97. The highest BCUT2D eigenvalue weighted by atomic mass is 32.2. The summed E-state index contributed by atoms with van der Waals surface area (Å²) in [5.74, 6) is -0.432. The molecule has 8 heteroatoms. The number of rotatable bonds is 3. The van der Waals surface area contributed by atoms with Gasteiger partial charge in [-0.3, -0.25) is 4.72 Å². The number of nitrogens with one attached hydrogen (secondary N) is 1. The van der Waals surface area contributed by atoms with Crippen LogP contribution < -0.4 is 4.72 Å². The summed E-state index contributed by atoms with van der Waals surface area (Å²) >= 11 is 0. The smallest absolute Gasteiger partial charge is 0.264 e. The van der Waals surface area contributed by atoms with Gasteiger partial charge in [0, 0.05) is 0 Å². The average molecular weight is 307 g/mol. The molecule has 0 aliphatic rings. The number of fused-ring (bicyclic) bond motifs is 1. The molecule has 1 N–H and O–H groups in total. The maximum atomic E-state index is 13.1. The van der Waals surface area contributed by atoms with E-state index in [1.165, 1.54) is 24.3 Å². The van der Waals surface area contributed by atoms with Gasteiger partial charge in [0.25, 0.3) is 10.0 Å². The summed E-state index contributed by atoms with van der Waals surface area (Å²) in [6.07, 6.45) is 0. The molecule has 0 aliphatic carbocycles. The van der Waals surface area contributed by atoms with Crippen LogP contribution in [0.5, 0.6) is 0 Å². The molecule has 0 fully saturated rings. The Hall–Kier alpha value is -2.48. The fourth-order valence-electron chi connectivity index (χ4n) is 1.94. The van der Waals surface area contributed by atoms with Crippen LogP contribution in [0.4, 0.5) is 10.1 Å². The van der Waals surface area contributed by atoms with Gasteiger partial charge in [-0.2, -0.15) is 0 Å². The van der Waals surface area contributed by atoms with E-state index in [9.17, 15) is 12.8 Å². The minimum atomic E-state index is -3.88. The molecule has 108 valence electrons. The first-order chi connectivity index (χ1) is 9.97. The van der Waals surface area contributed by atoms with Gasteiger partial charge in [-0.15, -0.1) is 0 Å². The summed E-state index contributed by atoms with van der Waals surface area (Å²) in [7, 11) is -3.88. The summed E-state index contributed by atoms with van der Waals surface area (Å²) < 4.78 is 44.9. The Balaban J connectivity index is 2.06. The van der Waals surface area contributed by atoms with E-state index in [1.807, 2.05) is 0 Å². The van der Waals surface area contributed by atoms with Gasteiger partial charge in [-0.05, 0) is 53.1 Å². The van der Waals surface area contributed by atoms with Crippen molar-refractivity contribution in [3.05, 3.63) is 47.8 Å². The van der Waals surface area contributed by atoms with Crippen LogP contribution in [-0.2, 0) is 10.0 Å². The molecular formula is C13H10FN3O3S. The number of anilines is 1. The number of hydrogen-bond donors (Lipinski definition) is 1. The quantitative estimate of drug-likeness (QED) is 0.803. The zero-order valence-corrected chi connectivity index (χ0v) is 11.7. The van der Waals surface area contributed by atoms with Crippen LogP contribution in [0.3, 0.4) is 0 Å². The number of hydrogen-bond acceptors (Lipinski definition) is 5. The molecule has 3 aromatic rings. The van der Waals surface area contributed by atoms with Crippen LogP contribution in [-0.4, -0.2) is 18.7 Å². The minimum Gasteiger partial charge on any atom is -0.279 e. The van der Waals surface area contributed by atoms with Crippen molar-refractivity contribution < 1.29 is 17.4 Å². The van der Waals surface area contributed by atoms with Crippen molar-refractivity contribution in [3.63, 3.8) is 0 Å². The van der Waals surface area contributed by atoms with Crippen molar-refractivity contribution in [1.82, 2.24) is 10.3 Å². The lowest BCUT2D eigenvalue weighted by Crippen LogP contribution is -2.14. The van der Waals surface area contributed by atoms with Crippen molar-refractivity contribution >= 4 is 26.7 Å². The lowest BCUT2D eigenvalue weighted by atomic mass is 10.2. The molecule has 1 heterocycles. The minimum absolute atomic E-state index is 0.0509. The third-order valence-corrected chi connectivity index (χ3v) is 4.37. The summed E-state index contributed by atoms with van der Waals surface area (Å²) in [6, 6.07) is 8.32. The van der Waals surface area contributed by atoms with Gasteiger partial charge in [-0.25, -0.2) is 17.4 Å². The molecule has 0 bridgehead atoms. The maximum absolute atomic E-state index is 13.1. The monoisotopic (exact) mass is 307 g/mol. The van der Waals surface area contributed by atoms with Crippen LogP contribution in [0.1, 0.15) is 5.56 Å². The van der Waals surface area contributed by atoms with Gasteiger partial charge in [0.1, 0.15) is 16.2 Å². The zero-order valence-electron chi connectivity index (χ0n) is 10.9. The molecule has 2 aromatic carbocycles. The van der Waals surface area contributed by atoms with Crippen LogP contribution >= 0.6 is 0 Å². The van der Waals surface area contributed by atoms with E-state index in [1.54, 1.807) is 19.1 Å². The number of halogens is 1. The fraction of sp³-hybridized carbons (Fsp3) is 0.0769. The predicted molar refractivity (Wildman–Crippen MR) is 73.7 cm³/mol. The first-order valence-corrected chi connectivity index (χ1v) is 7.46. The highest BCUT2D eigenvalue weighted by Gasteiger charge is 2.21. The predicted octanol–water partition coefficient (Wildman–Crippen LogP) is 2.47. The van der Waals surface area contributed by atoms with Crippen molar-refractivity contribution in [1.29, 1.82) is 0 Å². The molecule has 0 unspecified atom stereocenters. The average Bonchev–Trinajstić information content (AvgIpc) is 2.90. The van der Waals surface area contributed by atoms with Gasteiger partial charge in [0.15, 0.2) is 5.52 Å². The number of sulfonamides is 1. The van der Waals surface area contributed by atoms with E-state index >= 15 is 0 Å². The van der Waals surface area contributed by atoms with Gasteiger partial charge in [0.2, 0.25) is 0 Å². The van der Waals surface area contributed by atoms with Crippen LogP contribution in [0, 0.1) is 12.7 Å². The Bertz CT molecular complexity index is 921. The summed E-state index contributed by atoms with van der Waals surface area (Å²) in [5.41, 5.74) is 1.26.